The van der Waals surface area contributed by atoms with Crippen molar-refractivity contribution in [1.82, 2.24) is 19.7 Å². The maximum absolute atomic E-state index is 4.28. The van der Waals surface area contributed by atoms with Gasteiger partial charge in [-0.15, -0.1) is 0 Å². The fourth-order valence-corrected chi connectivity index (χ4v) is 2.50. The highest BCUT2D eigenvalue weighted by Gasteiger charge is 2.14. The van der Waals surface area contributed by atoms with Crippen molar-refractivity contribution in [2.75, 3.05) is 0 Å². The third kappa shape index (κ3) is 1.62. The standard InChI is InChI=1S/C16H12N4/c1-2-6-12(7-3-1)15-16(20-11-17-10-18-20)13-8-4-5-9-14(13)19-15/h1-11,19H. The molecule has 0 aliphatic carbocycles. The Kier molecular flexibility index (Phi) is 2.39. The zero-order valence-electron chi connectivity index (χ0n) is 10.7. The molecule has 2 aromatic carbocycles. The van der Waals surface area contributed by atoms with E-state index in [0.717, 1.165) is 27.8 Å². The summed E-state index contributed by atoms with van der Waals surface area (Å²) in [7, 11) is 0. The number of benzene rings is 2. The van der Waals surface area contributed by atoms with Crippen LogP contribution in [-0.2, 0) is 0 Å². The first-order valence-electron chi connectivity index (χ1n) is 6.44. The lowest BCUT2D eigenvalue weighted by molar-refractivity contribution is 0.887. The zero-order chi connectivity index (χ0) is 13.4. The van der Waals surface area contributed by atoms with Gasteiger partial charge in [0.2, 0.25) is 0 Å². The number of H-pyrrole nitrogens is 1. The Morgan fingerprint density at radius 3 is 2.50 bits per heavy atom. The highest BCUT2D eigenvalue weighted by molar-refractivity contribution is 5.96. The van der Waals surface area contributed by atoms with Crippen molar-refractivity contribution in [3.05, 3.63) is 67.3 Å². The lowest BCUT2D eigenvalue weighted by atomic mass is 10.1. The second-order valence-corrected chi connectivity index (χ2v) is 4.60. The summed E-state index contributed by atoms with van der Waals surface area (Å²) < 4.78 is 1.81. The molecule has 4 aromatic rings. The molecule has 2 heterocycles. The van der Waals surface area contributed by atoms with E-state index >= 15 is 0 Å². The molecule has 0 atom stereocenters. The molecule has 0 aliphatic heterocycles. The molecule has 0 bridgehead atoms. The summed E-state index contributed by atoms with van der Waals surface area (Å²) in [5.41, 5.74) is 4.31. The van der Waals surface area contributed by atoms with Crippen molar-refractivity contribution < 1.29 is 0 Å². The smallest absolute Gasteiger partial charge is 0.138 e. The van der Waals surface area contributed by atoms with Crippen LogP contribution in [0.4, 0.5) is 0 Å². The lowest BCUT2D eigenvalue weighted by Crippen LogP contribution is -1.95. The Morgan fingerprint density at radius 1 is 0.900 bits per heavy atom. The van der Waals surface area contributed by atoms with Crippen LogP contribution in [0.3, 0.4) is 0 Å². The molecule has 0 spiro atoms. The zero-order valence-corrected chi connectivity index (χ0v) is 10.7. The number of nitrogens with zero attached hydrogens (tertiary/aromatic N) is 3. The number of fused-ring (bicyclic) bond motifs is 1. The van der Waals surface area contributed by atoms with Gasteiger partial charge < -0.3 is 4.98 Å². The van der Waals surface area contributed by atoms with Crippen LogP contribution in [0, 0.1) is 0 Å². The van der Waals surface area contributed by atoms with Crippen LogP contribution in [0.5, 0.6) is 0 Å². The van der Waals surface area contributed by atoms with E-state index in [1.807, 2.05) is 30.3 Å². The van der Waals surface area contributed by atoms with Gasteiger partial charge in [-0.2, -0.15) is 5.10 Å². The van der Waals surface area contributed by atoms with Crippen LogP contribution in [0.1, 0.15) is 0 Å². The van der Waals surface area contributed by atoms with Crippen molar-refractivity contribution in [3.8, 4) is 16.9 Å². The average Bonchev–Trinajstić information content (AvgIpc) is 3.14. The predicted molar refractivity (Wildman–Crippen MR) is 78.7 cm³/mol. The van der Waals surface area contributed by atoms with Gasteiger partial charge in [0.25, 0.3) is 0 Å². The first-order valence-corrected chi connectivity index (χ1v) is 6.44. The molecule has 20 heavy (non-hydrogen) atoms. The van der Waals surface area contributed by atoms with Gasteiger partial charge in [0, 0.05) is 16.5 Å². The molecule has 0 aliphatic rings. The molecule has 4 nitrogen and oxygen atoms in total. The molecule has 2 aromatic heterocycles. The predicted octanol–water partition coefficient (Wildman–Crippen LogP) is 3.42. The summed E-state index contributed by atoms with van der Waals surface area (Å²) >= 11 is 0. The number of para-hydroxylation sites is 1. The summed E-state index contributed by atoms with van der Waals surface area (Å²) in [6.45, 7) is 0. The fourth-order valence-electron chi connectivity index (χ4n) is 2.50. The third-order valence-corrected chi connectivity index (χ3v) is 3.39. The van der Waals surface area contributed by atoms with E-state index in [1.165, 1.54) is 0 Å². The Labute approximate surface area is 115 Å². The van der Waals surface area contributed by atoms with E-state index in [-0.39, 0.29) is 0 Å². The Balaban J connectivity index is 2.08. The van der Waals surface area contributed by atoms with Crippen LogP contribution >= 0.6 is 0 Å². The number of hydrogen-bond donors (Lipinski definition) is 1. The van der Waals surface area contributed by atoms with E-state index in [9.17, 15) is 0 Å². The van der Waals surface area contributed by atoms with Gasteiger partial charge >= 0.3 is 0 Å². The Bertz CT molecular complexity index is 845. The van der Waals surface area contributed by atoms with Gasteiger partial charge in [0.1, 0.15) is 12.7 Å². The maximum atomic E-state index is 4.28. The fraction of sp³-hybridized carbons (Fsp3) is 0. The average molecular weight is 260 g/mol. The minimum atomic E-state index is 1.03. The molecule has 0 saturated carbocycles. The van der Waals surface area contributed by atoms with Crippen LogP contribution in [0.25, 0.3) is 27.8 Å². The van der Waals surface area contributed by atoms with Crippen LogP contribution in [0.2, 0.25) is 0 Å². The summed E-state index contributed by atoms with van der Waals surface area (Å²) in [5, 5.41) is 5.42. The van der Waals surface area contributed by atoms with E-state index in [1.54, 1.807) is 17.3 Å². The Hall–Kier alpha value is -2.88. The molecular weight excluding hydrogens is 248 g/mol. The second-order valence-electron chi connectivity index (χ2n) is 4.60. The van der Waals surface area contributed by atoms with Gasteiger partial charge in [-0.05, 0) is 6.07 Å². The highest BCUT2D eigenvalue weighted by Crippen LogP contribution is 2.32. The molecule has 0 unspecified atom stereocenters. The van der Waals surface area contributed by atoms with Crippen molar-refractivity contribution in [1.29, 1.82) is 0 Å². The first kappa shape index (κ1) is 11.0. The molecular formula is C16H12N4. The van der Waals surface area contributed by atoms with E-state index in [2.05, 4.69) is 39.3 Å². The molecule has 96 valence electrons. The number of rotatable bonds is 2. The van der Waals surface area contributed by atoms with Crippen LogP contribution < -0.4 is 0 Å². The van der Waals surface area contributed by atoms with Gasteiger partial charge in [-0.3, -0.25) is 0 Å². The van der Waals surface area contributed by atoms with E-state index in [0.29, 0.717) is 0 Å². The quantitative estimate of drug-likeness (QED) is 0.600. The van der Waals surface area contributed by atoms with Crippen LogP contribution in [0.15, 0.2) is 67.3 Å². The molecule has 4 rings (SSSR count). The maximum Gasteiger partial charge on any atom is 0.138 e. The molecule has 0 fully saturated rings. The molecule has 0 radical (unpaired) electrons. The van der Waals surface area contributed by atoms with Crippen molar-refractivity contribution in [2.24, 2.45) is 0 Å². The molecule has 4 heteroatoms. The number of aromatic nitrogens is 4. The molecule has 1 N–H and O–H groups in total. The molecule has 0 amide bonds. The Morgan fingerprint density at radius 2 is 1.70 bits per heavy atom. The summed E-state index contributed by atoms with van der Waals surface area (Å²) in [6, 6.07) is 18.5. The first-order chi connectivity index (χ1) is 9.93. The summed E-state index contributed by atoms with van der Waals surface area (Å²) in [5.74, 6) is 0. The van der Waals surface area contributed by atoms with Crippen LogP contribution in [-0.4, -0.2) is 19.7 Å². The van der Waals surface area contributed by atoms with Gasteiger partial charge in [-0.1, -0.05) is 48.5 Å². The minimum Gasteiger partial charge on any atom is -0.353 e. The van der Waals surface area contributed by atoms with E-state index in [4.69, 9.17) is 0 Å². The third-order valence-electron chi connectivity index (χ3n) is 3.39. The topological polar surface area (TPSA) is 46.5 Å². The highest BCUT2D eigenvalue weighted by atomic mass is 15.3. The normalized spacial score (nSPS) is 11.0. The summed E-state index contributed by atoms with van der Waals surface area (Å²) in [6.07, 6.45) is 3.28. The SMILES string of the molecule is c1ccc(-c2[nH]c3ccccc3c2-n2cncn2)cc1. The van der Waals surface area contributed by atoms with Gasteiger partial charge in [0.05, 0.1) is 11.4 Å². The minimum absolute atomic E-state index is 1.03. The largest absolute Gasteiger partial charge is 0.353 e. The summed E-state index contributed by atoms with van der Waals surface area (Å²) in [4.78, 5) is 7.54. The van der Waals surface area contributed by atoms with Gasteiger partial charge in [-0.25, -0.2) is 9.67 Å². The number of aromatic amines is 1. The van der Waals surface area contributed by atoms with Crippen molar-refractivity contribution >= 4 is 10.9 Å². The number of nitrogens with one attached hydrogen (secondary N) is 1. The second kappa shape index (κ2) is 4.35. The van der Waals surface area contributed by atoms with E-state index < -0.39 is 0 Å². The lowest BCUT2D eigenvalue weighted by Gasteiger charge is -2.04. The number of hydrogen-bond acceptors (Lipinski definition) is 2. The monoisotopic (exact) mass is 260 g/mol. The van der Waals surface area contributed by atoms with Crippen molar-refractivity contribution in [3.63, 3.8) is 0 Å². The van der Waals surface area contributed by atoms with Crippen molar-refractivity contribution in [2.45, 2.75) is 0 Å². The molecule has 0 saturated heterocycles. The van der Waals surface area contributed by atoms with Gasteiger partial charge in [0.15, 0.2) is 0 Å².